The fraction of sp³-hybridized carbons (Fsp3) is 0.391. The topological polar surface area (TPSA) is 93.4 Å². The van der Waals surface area contributed by atoms with Crippen molar-refractivity contribution in [2.24, 2.45) is 11.1 Å². The van der Waals surface area contributed by atoms with E-state index < -0.39 is 11.0 Å². The van der Waals surface area contributed by atoms with E-state index in [0.29, 0.717) is 30.0 Å². The molecule has 0 radical (unpaired) electrons. The minimum atomic E-state index is -1.01. The van der Waals surface area contributed by atoms with Gasteiger partial charge in [0.1, 0.15) is 5.54 Å². The van der Waals surface area contributed by atoms with Gasteiger partial charge in [-0.3, -0.25) is 9.59 Å². The van der Waals surface area contributed by atoms with Gasteiger partial charge in [-0.15, -0.1) is 0 Å². The predicted molar refractivity (Wildman–Crippen MR) is 115 cm³/mol. The highest BCUT2D eigenvalue weighted by Crippen LogP contribution is 2.50. The van der Waals surface area contributed by atoms with E-state index in [0.717, 1.165) is 5.56 Å². The summed E-state index contributed by atoms with van der Waals surface area (Å²) in [4.78, 5) is 25.5. The summed E-state index contributed by atoms with van der Waals surface area (Å²) < 4.78 is 5.71. The minimum absolute atomic E-state index is 0.0409. The summed E-state index contributed by atoms with van der Waals surface area (Å²) in [5.41, 5.74) is 7.60. The molecule has 2 unspecified atom stereocenters. The third-order valence-electron chi connectivity index (χ3n) is 6.10. The summed E-state index contributed by atoms with van der Waals surface area (Å²) in [6.07, 6.45) is 0.434. The van der Waals surface area contributed by atoms with Gasteiger partial charge in [0.05, 0.1) is 6.10 Å². The molecular weight excluding hydrogens is 366 g/mol. The van der Waals surface area contributed by atoms with Crippen molar-refractivity contribution in [2.45, 2.75) is 45.8 Å². The maximum absolute atomic E-state index is 13.0. The first-order valence-electron chi connectivity index (χ1n) is 9.88. The van der Waals surface area contributed by atoms with Crippen LogP contribution in [-0.2, 0) is 9.53 Å². The molecule has 0 bridgehead atoms. The molecule has 0 saturated heterocycles. The van der Waals surface area contributed by atoms with Crippen molar-refractivity contribution in [3.8, 4) is 0 Å². The Morgan fingerprint density at radius 2 is 1.69 bits per heavy atom. The van der Waals surface area contributed by atoms with Gasteiger partial charge in [0.2, 0.25) is 5.91 Å². The van der Waals surface area contributed by atoms with Crippen LogP contribution in [0.25, 0.3) is 0 Å². The van der Waals surface area contributed by atoms with E-state index in [2.05, 4.69) is 10.6 Å². The van der Waals surface area contributed by atoms with Crippen LogP contribution in [0.1, 0.15) is 43.1 Å². The van der Waals surface area contributed by atoms with E-state index in [1.807, 2.05) is 52.0 Å². The van der Waals surface area contributed by atoms with Crippen molar-refractivity contribution < 1.29 is 14.3 Å². The van der Waals surface area contributed by atoms with Gasteiger partial charge < -0.3 is 21.1 Å². The average Bonchev–Trinajstić information content (AvgIpc) is 2.71. The lowest BCUT2D eigenvalue weighted by Crippen LogP contribution is -2.74. The molecule has 0 aliphatic heterocycles. The first kappa shape index (κ1) is 21.0. The number of nitrogens with one attached hydrogen (secondary N) is 2. The van der Waals surface area contributed by atoms with Gasteiger partial charge in [-0.05, 0) is 43.7 Å². The Bertz CT molecular complexity index is 911. The number of carbonyl (C=O) groups excluding carboxylic acids is 2. The molecule has 154 valence electrons. The first-order chi connectivity index (χ1) is 13.7. The zero-order chi connectivity index (χ0) is 21.2. The SMILES string of the molecule is CCOC1CC(N)(C(=O)Nc2cccc(NC(=O)c3ccccc3)c2C)C1(C)C. The van der Waals surface area contributed by atoms with Crippen LogP contribution in [0.2, 0.25) is 0 Å². The molecule has 6 nitrogen and oxygen atoms in total. The van der Waals surface area contributed by atoms with Crippen molar-refractivity contribution in [1.29, 1.82) is 0 Å². The molecule has 4 N–H and O–H groups in total. The molecule has 3 rings (SSSR count). The van der Waals surface area contributed by atoms with E-state index in [9.17, 15) is 9.59 Å². The first-order valence-corrected chi connectivity index (χ1v) is 9.88. The molecule has 2 amide bonds. The molecule has 1 aliphatic carbocycles. The number of rotatable bonds is 6. The van der Waals surface area contributed by atoms with E-state index in [4.69, 9.17) is 10.5 Å². The van der Waals surface area contributed by atoms with Crippen LogP contribution in [0.15, 0.2) is 48.5 Å². The number of hydrogen-bond donors (Lipinski definition) is 3. The number of anilines is 2. The van der Waals surface area contributed by atoms with Crippen LogP contribution in [0.5, 0.6) is 0 Å². The Hall–Kier alpha value is -2.70. The second-order valence-electron chi connectivity index (χ2n) is 8.09. The Morgan fingerprint density at radius 1 is 1.07 bits per heavy atom. The largest absolute Gasteiger partial charge is 0.378 e. The number of ether oxygens (including phenoxy) is 1. The van der Waals surface area contributed by atoms with Gasteiger partial charge in [0.15, 0.2) is 0 Å². The number of carbonyl (C=O) groups is 2. The monoisotopic (exact) mass is 395 g/mol. The van der Waals surface area contributed by atoms with Crippen LogP contribution in [-0.4, -0.2) is 30.1 Å². The molecule has 0 heterocycles. The molecule has 0 spiro atoms. The summed E-state index contributed by atoms with van der Waals surface area (Å²) in [5.74, 6) is -0.444. The van der Waals surface area contributed by atoms with E-state index >= 15 is 0 Å². The van der Waals surface area contributed by atoms with Crippen LogP contribution in [0, 0.1) is 12.3 Å². The summed E-state index contributed by atoms with van der Waals surface area (Å²) in [6, 6.07) is 14.4. The van der Waals surface area contributed by atoms with Crippen molar-refractivity contribution in [3.05, 3.63) is 59.7 Å². The van der Waals surface area contributed by atoms with E-state index in [1.54, 1.807) is 24.3 Å². The Labute approximate surface area is 171 Å². The van der Waals surface area contributed by atoms with Crippen molar-refractivity contribution >= 4 is 23.2 Å². The molecule has 1 fully saturated rings. The highest BCUT2D eigenvalue weighted by molar-refractivity contribution is 6.06. The molecule has 29 heavy (non-hydrogen) atoms. The summed E-state index contributed by atoms with van der Waals surface area (Å²) in [6.45, 7) is 8.30. The molecule has 0 aromatic heterocycles. The summed E-state index contributed by atoms with van der Waals surface area (Å²) in [7, 11) is 0. The quantitative estimate of drug-likeness (QED) is 0.695. The van der Waals surface area contributed by atoms with Gasteiger partial charge in [0.25, 0.3) is 5.91 Å². The normalized spacial score (nSPS) is 22.4. The Morgan fingerprint density at radius 3 is 2.28 bits per heavy atom. The highest BCUT2D eigenvalue weighted by Gasteiger charge is 2.62. The molecule has 1 saturated carbocycles. The predicted octanol–water partition coefficient (Wildman–Crippen LogP) is 3.72. The van der Waals surface area contributed by atoms with Gasteiger partial charge in [-0.1, -0.05) is 38.1 Å². The minimum Gasteiger partial charge on any atom is -0.378 e. The van der Waals surface area contributed by atoms with Crippen LogP contribution in [0.3, 0.4) is 0 Å². The standard InChI is InChI=1S/C23H29N3O3/c1-5-29-19-14-23(24,22(19,3)4)21(28)26-18-13-9-12-17(15(18)2)25-20(27)16-10-7-6-8-11-16/h6-13,19H,5,14,24H2,1-4H3,(H,25,27)(H,26,28). The van der Waals surface area contributed by atoms with Crippen LogP contribution < -0.4 is 16.4 Å². The van der Waals surface area contributed by atoms with Crippen molar-refractivity contribution in [3.63, 3.8) is 0 Å². The third kappa shape index (κ3) is 3.78. The lowest BCUT2D eigenvalue weighted by molar-refractivity contribution is -0.166. The van der Waals surface area contributed by atoms with E-state index in [-0.39, 0.29) is 17.9 Å². The molecule has 1 aliphatic rings. The zero-order valence-corrected chi connectivity index (χ0v) is 17.4. The second kappa shape index (κ2) is 7.97. The lowest BCUT2D eigenvalue weighted by atomic mass is 9.54. The van der Waals surface area contributed by atoms with Gasteiger partial charge in [-0.25, -0.2) is 0 Å². The Kier molecular flexibility index (Phi) is 5.78. The second-order valence-corrected chi connectivity index (χ2v) is 8.09. The molecule has 2 aromatic carbocycles. The highest BCUT2D eigenvalue weighted by atomic mass is 16.5. The fourth-order valence-electron chi connectivity index (χ4n) is 3.74. The zero-order valence-electron chi connectivity index (χ0n) is 17.4. The Balaban J connectivity index is 1.75. The third-order valence-corrected chi connectivity index (χ3v) is 6.10. The summed E-state index contributed by atoms with van der Waals surface area (Å²) in [5, 5.41) is 5.86. The van der Waals surface area contributed by atoms with Gasteiger partial charge in [0, 0.05) is 35.4 Å². The fourth-order valence-corrected chi connectivity index (χ4v) is 3.74. The molecule has 2 aromatic rings. The number of benzene rings is 2. The number of nitrogens with two attached hydrogens (primary N) is 1. The maximum atomic E-state index is 13.0. The molecular formula is C23H29N3O3. The van der Waals surface area contributed by atoms with Gasteiger partial charge >= 0.3 is 0 Å². The number of amides is 2. The van der Waals surface area contributed by atoms with Crippen LogP contribution in [0.4, 0.5) is 11.4 Å². The average molecular weight is 396 g/mol. The maximum Gasteiger partial charge on any atom is 0.255 e. The van der Waals surface area contributed by atoms with Crippen molar-refractivity contribution in [1.82, 2.24) is 0 Å². The smallest absolute Gasteiger partial charge is 0.255 e. The number of hydrogen-bond acceptors (Lipinski definition) is 4. The van der Waals surface area contributed by atoms with E-state index in [1.165, 1.54) is 0 Å². The van der Waals surface area contributed by atoms with Gasteiger partial charge in [-0.2, -0.15) is 0 Å². The lowest BCUT2D eigenvalue weighted by Gasteiger charge is -2.57. The van der Waals surface area contributed by atoms with Crippen LogP contribution >= 0.6 is 0 Å². The molecule has 2 atom stereocenters. The summed E-state index contributed by atoms with van der Waals surface area (Å²) >= 11 is 0. The van der Waals surface area contributed by atoms with Crippen molar-refractivity contribution in [2.75, 3.05) is 17.2 Å². The molecule has 6 heteroatoms.